The van der Waals surface area contributed by atoms with Crippen molar-refractivity contribution in [3.63, 3.8) is 0 Å². The van der Waals surface area contributed by atoms with Gasteiger partial charge in [-0.25, -0.2) is 23.5 Å². The van der Waals surface area contributed by atoms with Crippen LogP contribution in [0.15, 0.2) is 58.4 Å². The van der Waals surface area contributed by atoms with E-state index in [1.165, 1.54) is 23.3 Å². The molecule has 9 nitrogen and oxygen atoms in total. The van der Waals surface area contributed by atoms with Crippen LogP contribution in [-0.2, 0) is 11.3 Å². The number of nitrogens with zero attached hydrogens (tertiary/aromatic N) is 5. The largest absolute Gasteiger partial charge is 0.480 e. The summed E-state index contributed by atoms with van der Waals surface area (Å²) in [7, 11) is 0. The lowest BCUT2D eigenvalue weighted by Gasteiger charge is -2.38. The minimum Gasteiger partial charge on any atom is -0.480 e. The van der Waals surface area contributed by atoms with Gasteiger partial charge in [-0.1, -0.05) is 30.3 Å². The summed E-state index contributed by atoms with van der Waals surface area (Å²) < 4.78 is 33.7. The molecule has 11 heteroatoms. The first-order valence-electron chi connectivity index (χ1n) is 11.0. The first-order chi connectivity index (χ1) is 16.8. The van der Waals surface area contributed by atoms with Crippen LogP contribution in [0.5, 0.6) is 0 Å². The summed E-state index contributed by atoms with van der Waals surface area (Å²) in [6, 6.07) is 6.88. The number of carboxylic acid groups (broad SMARTS) is 1. The molecular formula is C24H24F2N6O3. The smallest absolute Gasteiger partial charge is 0.326 e. The van der Waals surface area contributed by atoms with Crippen LogP contribution in [0.25, 0.3) is 5.70 Å². The van der Waals surface area contributed by atoms with Crippen LogP contribution in [0.3, 0.4) is 0 Å². The van der Waals surface area contributed by atoms with Crippen molar-refractivity contribution >= 4 is 23.2 Å². The third-order valence-corrected chi connectivity index (χ3v) is 5.81. The Bertz CT molecular complexity index is 1260. The van der Waals surface area contributed by atoms with Gasteiger partial charge in [-0.2, -0.15) is 0 Å². The summed E-state index contributed by atoms with van der Waals surface area (Å²) in [5.74, 6) is -2.51. The number of halogens is 2. The van der Waals surface area contributed by atoms with E-state index in [1.807, 2.05) is 6.92 Å². The molecule has 3 aromatic rings. The highest BCUT2D eigenvalue weighted by Gasteiger charge is 2.36. The van der Waals surface area contributed by atoms with E-state index in [1.54, 1.807) is 24.3 Å². The van der Waals surface area contributed by atoms with Gasteiger partial charge in [-0.3, -0.25) is 4.99 Å². The Morgan fingerprint density at radius 3 is 2.83 bits per heavy atom. The third-order valence-electron chi connectivity index (χ3n) is 5.81. The number of nitrogens with two attached hydrogens (primary N) is 1. The molecule has 1 aliphatic heterocycles. The van der Waals surface area contributed by atoms with Crippen molar-refractivity contribution < 1.29 is 23.2 Å². The number of anilines is 1. The van der Waals surface area contributed by atoms with Crippen LogP contribution in [0.2, 0.25) is 0 Å². The number of hydrogen-bond acceptors (Lipinski definition) is 8. The second kappa shape index (κ2) is 10.4. The molecular weight excluding hydrogens is 458 g/mol. The predicted octanol–water partition coefficient (Wildman–Crippen LogP) is 3.42. The van der Waals surface area contributed by atoms with Gasteiger partial charge in [-0.05, 0) is 30.9 Å². The Kier molecular flexibility index (Phi) is 7.14. The second-order valence-electron chi connectivity index (χ2n) is 8.24. The number of aliphatic imine (C=N–C) groups is 1. The van der Waals surface area contributed by atoms with E-state index in [2.05, 4.69) is 20.1 Å². The lowest BCUT2D eigenvalue weighted by molar-refractivity contribution is -0.140. The number of rotatable bonds is 7. The normalized spacial score (nSPS) is 19.1. The fraction of sp³-hybridized carbons (Fsp3) is 0.292. The van der Waals surface area contributed by atoms with E-state index in [4.69, 9.17) is 10.3 Å². The number of aromatic nitrogens is 3. The first-order valence-corrected chi connectivity index (χ1v) is 11.0. The number of carboxylic acids is 1. The molecule has 0 unspecified atom stereocenters. The van der Waals surface area contributed by atoms with Gasteiger partial charge in [0.1, 0.15) is 23.8 Å². The van der Waals surface area contributed by atoms with Gasteiger partial charge in [-0.15, -0.1) is 0 Å². The van der Waals surface area contributed by atoms with Gasteiger partial charge in [0, 0.05) is 18.2 Å². The highest BCUT2D eigenvalue weighted by molar-refractivity contribution is 6.10. The molecule has 0 spiro atoms. The van der Waals surface area contributed by atoms with Gasteiger partial charge >= 0.3 is 5.97 Å². The molecule has 0 bridgehead atoms. The van der Waals surface area contributed by atoms with E-state index in [0.717, 1.165) is 6.20 Å². The van der Waals surface area contributed by atoms with E-state index < -0.39 is 23.6 Å². The Hall–Kier alpha value is -4.15. The van der Waals surface area contributed by atoms with Crippen LogP contribution >= 0.6 is 0 Å². The summed E-state index contributed by atoms with van der Waals surface area (Å²) >= 11 is 0. The standard InChI is InChI=1S/C24H24F2N6O3/c1-14-5-4-9-32(21(14)24(33)34)23-17(26)13-29-22(30-23)18(27)11-20(19-8-10-35-31-19)28-12-15-6-2-3-7-16(15)25/h2-3,6-8,10-11,13-14,21H,4-5,9,12,27H2,1H3,(H,33,34)/t14-,21+/m0/s1. The van der Waals surface area contributed by atoms with Crippen molar-refractivity contribution in [2.45, 2.75) is 32.4 Å². The molecule has 0 amide bonds. The van der Waals surface area contributed by atoms with Crippen LogP contribution in [0.4, 0.5) is 14.6 Å². The Morgan fingerprint density at radius 1 is 1.31 bits per heavy atom. The van der Waals surface area contributed by atoms with Gasteiger partial charge in [0.05, 0.1) is 24.2 Å². The maximum absolute atomic E-state index is 14.7. The molecule has 1 saturated heterocycles. The molecule has 3 heterocycles. The molecule has 2 atom stereocenters. The number of piperidine rings is 1. The van der Waals surface area contributed by atoms with E-state index >= 15 is 0 Å². The Labute approximate surface area is 200 Å². The zero-order chi connectivity index (χ0) is 24.9. The number of aliphatic carboxylic acids is 1. The van der Waals surface area contributed by atoms with Crippen molar-refractivity contribution in [3.05, 3.63) is 77.6 Å². The molecule has 3 N–H and O–H groups in total. The molecule has 0 saturated carbocycles. The highest BCUT2D eigenvalue weighted by Crippen LogP contribution is 2.29. The van der Waals surface area contributed by atoms with Crippen LogP contribution in [-0.4, -0.2) is 44.5 Å². The van der Waals surface area contributed by atoms with Crippen molar-refractivity contribution in [2.75, 3.05) is 11.4 Å². The first kappa shape index (κ1) is 24.0. The lowest BCUT2D eigenvalue weighted by Crippen LogP contribution is -2.50. The maximum Gasteiger partial charge on any atom is 0.326 e. The second-order valence-corrected chi connectivity index (χ2v) is 8.24. The number of allylic oxidation sites excluding steroid dienone is 1. The highest BCUT2D eigenvalue weighted by atomic mass is 19.1. The fourth-order valence-electron chi connectivity index (χ4n) is 4.05. The summed E-state index contributed by atoms with van der Waals surface area (Å²) in [5, 5.41) is 13.6. The molecule has 182 valence electrons. The summed E-state index contributed by atoms with van der Waals surface area (Å²) in [6.45, 7) is 2.17. The van der Waals surface area contributed by atoms with Crippen molar-refractivity contribution in [2.24, 2.45) is 16.6 Å². The number of carbonyl (C=O) groups is 1. The SMILES string of the molecule is C[C@H]1CCCN(c2nc(C(N)=CC(=NCc3ccccc3F)c3ccon3)ncc2F)[C@H]1C(=O)O. The van der Waals surface area contributed by atoms with Gasteiger partial charge < -0.3 is 20.3 Å². The summed E-state index contributed by atoms with van der Waals surface area (Å²) in [5.41, 5.74) is 7.28. The lowest BCUT2D eigenvalue weighted by atomic mass is 9.91. The quantitative estimate of drug-likeness (QED) is 0.490. The van der Waals surface area contributed by atoms with Crippen LogP contribution in [0, 0.1) is 17.6 Å². The predicted molar refractivity (Wildman–Crippen MR) is 124 cm³/mol. The zero-order valence-electron chi connectivity index (χ0n) is 18.9. The third kappa shape index (κ3) is 5.34. The average molecular weight is 482 g/mol. The van der Waals surface area contributed by atoms with Gasteiger partial charge in [0.15, 0.2) is 17.5 Å². The average Bonchev–Trinajstić information content (AvgIpc) is 3.37. The molecule has 35 heavy (non-hydrogen) atoms. The van der Waals surface area contributed by atoms with Crippen LogP contribution < -0.4 is 10.6 Å². The van der Waals surface area contributed by atoms with E-state index in [0.29, 0.717) is 30.6 Å². The van der Waals surface area contributed by atoms with Gasteiger partial charge in [0.2, 0.25) is 0 Å². The number of benzene rings is 1. The molecule has 2 aromatic heterocycles. The van der Waals surface area contributed by atoms with Crippen molar-refractivity contribution in [1.29, 1.82) is 0 Å². The molecule has 1 fully saturated rings. The van der Waals surface area contributed by atoms with Crippen molar-refractivity contribution in [1.82, 2.24) is 15.1 Å². The zero-order valence-corrected chi connectivity index (χ0v) is 18.9. The Balaban J connectivity index is 1.68. The monoisotopic (exact) mass is 482 g/mol. The summed E-state index contributed by atoms with van der Waals surface area (Å²) in [6.07, 6.45) is 5.17. The Morgan fingerprint density at radius 2 is 2.11 bits per heavy atom. The molecule has 0 aliphatic carbocycles. The molecule has 4 rings (SSSR count). The van der Waals surface area contributed by atoms with Crippen LogP contribution in [0.1, 0.15) is 36.8 Å². The number of hydrogen-bond donors (Lipinski definition) is 2. The molecule has 1 aromatic carbocycles. The fourth-order valence-corrected chi connectivity index (χ4v) is 4.05. The van der Waals surface area contributed by atoms with E-state index in [9.17, 15) is 18.7 Å². The topological polar surface area (TPSA) is 131 Å². The minimum absolute atomic E-state index is 0.00847. The van der Waals surface area contributed by atoms with E-state index in [-0.39, 0.29) is 35.5 Å². The maximum atomic E-state index is 14.7. The molecule has 0 radical (unpaired) electrons. The summed E-state index contributed by atoms with van der Waals surface area (Å²) in [4.78, 5) is 26.0. The molecule has 1 aliphatic rings. The van der Waals surface area contributed by atoms with Gasteiger partial charge in [0.25, 0.3) is 0 Å². The minimum atomic E-state index is -1.05. The van der Waals surface area contributed by atoms with Crippen molar-refractivity contribution in [3.8, 4) is 0 Å².